The molecule has 2 aliphatic heterocycles. The lowest BCUT2D eigenvalue weighted by Crippen LogP contribution is -2.27. The molecule has 2 aliphatic rings. The zero-order valence-corrected chi connectivity index (χ0v) is 42.5. The summed E-state index contributed by atoms with van der Waals surface area (Å²) in [5.74, 6) is 0.697. The van der Waals surface area contributed by atoms with Crippen molar-refractivity contribution in [2.24, 2.45) is 11.5 Å². The minimum absolute atomic E-state index is 0. The first-order valence-corrected chi connectivity index (χ1v) is 22.9. The number of carbonyl (C=O) groups excluding carboxylic acids is 2. The number of benzene rings is 2. The molecule has 0 bridgehead atoms. The molecule has 6 aromatic rings. The molecule has 0 fully saturated rings. The van der Waals surface area contributed by atoms with Gasteiger partial charge in [-0.25, -0.2) is 24.6 Å². The lowest BCUT2D eigenvalue weighted by Gasteiger charge is -2.09. The van der Waals surface area contributed by atoms with Gasteiger partial charge in [-0.3, -0.25) is 9.59 Å². The Morgan fingerprint density at radius 2 is 1.13 bits per heavy atom. The van der Waals surface area contributed by atoms with Crippen molar-refractivity contribution in [2.75, 3.05) is 26.4 Å². The minimum atomic E-state index is -4.40. The van der Waals surface area contributed by atoms with Gasteiger partial charge in [-0.2, -0.15) is 18.2 Å². The van der Waals surface area contributed by atoms with Crippen LogP contribution in [-0.4, -0.2) is 98.9 Å². The molecule has 6 heterocycles. The van der Waals surface area contributed by atoms with E-state index < -0.39 is 38.8 Å². The number of phenolic OH excluding ortho intramolecular Hbond substituents is 1. The summed E-state index contributed by atoms with van der Waals surface area (Å²) in [5, 5.41) is 36.0. The highest BCUT2D eigenvalue weighted by Gasteiger charge is 2.28. The van der Waals surface area contributed by atoms with Gasteiger partial charge in [-0.15, -0.1) is 0 Å². The fraction of sp³-hybridized carbons (Fsp3) is 0.217. The number of carbonyl (C=O) groups is 2. The van der Waals surface area contributed by atoms with Gasteiger partial charge in [-0.05, 0) is 116 Å². The quantitative estimate of drug-likeness (QED) is 0.0422. The third-order valence-electron chi connectivity index (χ3n) is 8.85. The number of nitrogens with two attached hydrogens (primary N) is 2. The summed E-state index contributed by atoms with van der Waals surface area (Å²) in [6.45, 7) is 19.6. The number of hydrogen-bond acceptors (Lipinski definition) is 16. The minimum Gasteiger partial charge on any atom is -0.508 e. The third-order valence-corrected chi connectivity index (χ3v) is 9.76. The van der Waals surface area contributed by atoms with Crippen molar-refractivity contribution < 1.29 is 257 Å². The van der Waals surface area contributed by atoms with Gasteiger partial charge in [0.2, 0.25) is 34.9 Å². The van der Waals surface area contributed by atoms with Crippen LogP contribution in [0.4, 0.5) is 24.5 Å². The normalized spacial score (nSPS) is 18.1. The van der Waals surface area contributed by atoms with Gasteiger partial charge in [0, 0.05) is 186 Å². The number of aliphatic hydroxyl groups excluding tert-OH is 1. The van der Waals surface area contributed by atoms with E-state index in [0.717, 1.165) is 22.1 Å². The molecule has 75 heavy (non-hydrogen) atoms. The number of phenols is 1. The first-order chi connectivity index (χ1) is 97.6. The molecule has 20 nitrogen and oxygen atoms in total. The van der Waals surface area contributed by atoms with E-state index in [1.54, 1.807) is 61.5 Å². The van der Waals surface area contributed by atoms with Crippen LogP contribution in [0.1, 0.15) is 238 Å². The van der Waals surface area contributed by atoms with E-state index in [9.17, 15) is 27.8 Å². The lowest BCUT2D eigenvalue weighted by atomic mass is 9.80. The summed E-state index contributed by atoms with van der Waals surface area (Å²) < 4.78 is 683. The second kappa shape index (κ2) is 30.9. The van der Waals surface area contributed by atoms with E-state index in [2.05, 4.69) is 29.6 Å². The van der Waals surface area contributed by atoms with Crippen LogP contribution >= 0.6 is 46.4 Å². The van der Waals surface area contributed by atoms with Crippen molar-refractivity contribution in [3.8, 4) is 35.0 Å². The van der Waals surface area contributed by atoms with Crippen molar-refractivity contribution >= 4 is 94.8 Å². The third kappa shape index (κ3) is 20.6. The van der Waals surface area contributed by atoms with E-state index in [4.69, 9.17) is 299 Å². The average Bonchev–Trinajstić information content (AvgIpc) is 1.67. The van der Waals surface area contributed by atoms with Crippen LogP contribution < -0.4 is 41.3 Å². The Labute approximate surface area is 640 Å². The number of fused-ring (bicyclic) bond motifs is 2. The van der Waals surface area contributed by atoms with Crippen LogP contribution in [0.15, 0.2) is 84.9 Å². The Morgan fingerprint density at radius 1 is 0.693 bits per heavy atom. The van der Waals surface area contributed by atoms with E-state index in [0.29, 0.717) is 67.1 Å². The maximum atomic E-state index is 10.9. The van der Waals surface area contributed by atoms with Gasteiger partial charge in [-0.1, -0.05) is 58.5 Å². The van der Waals surface area contributed by atoms with E-state index in [-0.39, 0.29) is 45.5 Å². The molecule has 8 rings (SSSR count). The number of rotatable bonds is 10. The molecule has 0 saturated carbocycles. The molecule has 8 N–H and O–H groups in total. The second-order valence-electron chi connectivity index (χ2n) is 14.1. The van der Waals surface area contributed by atoms with Crippen molar-refractivity contribution in [3.63, 3.8) is 0 Å². The molecule has 0 unspecified atom stereocenters. The predicted molar refractivity (Wildman–Crippen MR) is 406 cm³/mol. The number of nitrogens with zero attached hydrogens (tertiary/aromatic N) is 6. The van der Waals surface area contributed by atoms with Crippen LogP contribution in [0.3, 0.4) is 0 Å². The molecule has 0 radical (unpaired) electrons. The number of alkyl halides is 3. The number of amides is 2. The number of halogens is 7. The van der Waals surface area contributed by atoms with Gasteiger partial charge in [0.1, 0.15) is 44.3 Å². The van der Waals surface area contributed by atoms with Crippen LogP contribution in [0.2, 0.25) is 20.6 Å². The van der Waals surface area contributed by atoms with Crippen LogP contribution in [0.5, 0.6) is 35.0 Å². The zero-order chi connectivity index (χ0) is 180. The smallest absolute Gasteiger partial charge is 0.491 e. The highest BCUT2D eigenvalue weighted by Crippen LogP contribution is 2.31. The number of aromatic hydroxyl groups is 1. The number of aromatic nitrogens is 4. The predicted octanol–water partition coefficient (Wildman–Crippen LogP) is 23.1. The Morgan fingerprint density at radius 3 is 1.63 bits per heavy atom. The molecule has 0 saturated heterocycles. The molecule has 0 spiro atoms. The summed E-state index contributed by atoms with van der Waals surface area (Å²) >= 11 is 22.2. The summed E-state index contributed by atoms with van der Waals surface area (Å²) in [6.07, 6.45) is -4.40. The van der Waals surface area contributed by atoms with Gasteiger partial charge in [0.05, 0.1) is 51.7 Å². The molecule has 0 atom stereocenters. The molecular weight excluding hydrogens is 1080 g/mol. The maximum Gasteiger partial charge on any atom is 0.491 e. The monoisotopic (exact) mass is 1370 g/mol. The van der Waals surface area contributed by atoms with Crippen molar-refractivity contribution in [3.05, 3.63) is 151 Å². The number of primary amides is 2. The highest BCUT2D eigenvalue weighted by molar-refractivity contribution is 6.62. The number of pyridine rings is 4. The van der Waals surface area contributed by atoms with E-state index in [1.165, 1.54) is 30.3 Å². The Hall–Kier alpha value is -7.16. The number of hydrogen-bond donors (Lipinski definition) is 6. The second-order valence-corrected chi connectivity index (χ2v) is 15.6. The van der Waals surface area contributed by atoms with Crippen LogP contribution in [0.25, 0.3) is 9.69 Å². The number of ether oxygens (including phenoxy) is 4. The number of aliphatic hydroxyl groups is 1. The zero-order valence-electron chi connectivity index (χ0n) is 164. The van der Waals surface area contributed by atoms with Crippen molar-refractivity contribution in [1.29, 1.82) is 0 Å². The van der Waals surface area contributed by atoms with Gasteiger partial charge < -0.3 is 60.0 Å². The fourth-order valence-electron chi connectivity index (χ4n) is 5.59. The topological polar surface area (TPSA) is 283 Å². The Bertz CT molecular complexity index is 3170. The van der Waals surface area contributed by atoms with Crippen molar-refractivity contribution in [1.82, 2.24) is 19.9 Å². The fourth-order valence-corrected chi connectivity index (χ4v) is 6.31. The van der Waals surface area contributed by atoms with Gasteiger partial charge in [0.15, 0.2) is 0 Å². The van der Waals surface area contributed by atoms with Crippen LogP contribution in [-0.2, 0) is 22.5 Å². The summed E-state index contributed by atoms with van der Waals surface area (Å²) in [5.41, 5.74) is 14.4. The molecule has 2 amide bonds. The summed E-state index contributed by atoms with van der Waals surface area (Å²) in [7, 11) is -1.68. The van der Waals surface area contributed by atoms with Crippen LogP contribution in [0, 0.1) is 13.1 Å². The lowest BCUT2D eigenvalue weighted by molar-refractivity contribution is -0.159. The summed E-state index contributed by atoms with van der Waals surface area (Å²) in [6, 6.07) is 22.4. The maximum absolute atomic E-state index is 10.9. The van der Waals surface area contributed by atoms with Crippen molar-refractivity contribution in [2.45, 2.75) is 40.2 Å². The highest BCUT2D eigenvalue weighted by atomic mass is 35.5. The summed E-state index contributed by atoms with van der Waals surface area (Å²) in [4.78, 5) is 43.6. The molecule has 29 heteroatoms. The molecule has 4 aromatic heterocycles. The standard InChI is InChI=1S/C15H13BN2O4.C8H9ClN2O2.C8H7ClN2O.C7H7BO3.C6H4Cl2N2O.C2H3F3O.63H2/c1-3-20-15-13(17-2)6-7-14(18-15)22-11-4-5-12-10(8-11)9-21-16(12)19;1-2-13-8-5(7(10)12)3-4-6(9)11-8;1-3-12-8-6(10-2)4-5-7(9)11-8;9-6-1-2-7-5(3-6)4-11-8(7)10;7-4-2-1-3(6(9)11)5(8)10-4;3-2(4,5)1-6;;;;;;;;;;;;;;;;;;;;;;;;;;;;;;;;;;;;;;;;;;;;;;;;;;;;;;;;;;;;;;;/h4-8,19H,3,9H2,1H3;3-4H,2H2,1H3,(H2,10,12);4-5H,3H2,1H3;1-3,9-10H,4H2;1-2H,(H2,9,11);6H,1H2;63*1H/i;;;;;;62*1+1D;1+1. The largest absolute Gasteiger partial charge is 0.508 e. The first-order valence-electron chi connectivity index (χ1n) is 83.4. The molecule has 2 aromatic carbocycles. The molecule has 520 valence electrons. The molecule has 0 aliphatic carbocycles. The Balaban J connectivity index is -0.0000000172. The molecular formula is C46H169B2Cl4F3N8O12. The van der Waals surface area contributed by atoms with E-state index in [1.807, 2.05) is 13.8 Å². The Kier molecular flexibility index (Phi) is 7.18. The first kappa shape index (κ1) is 17.4. The van der Waals surface area contributed by atoms with E-state index >= 15 is 0 Å². The van der Waals surface area contributed by atoms with Gasteiger partial charge >= 0.3 is 20.4 Å². The van der Waals surface area contributed by atoms with Gasteiger partial charge in [0.25, 0.3) is 11.8 Å². The average molecular weight is 1370 g/mol. The SMILES string of the molecule is CCOc1nc(Cl)ccc1C(N)=O.NC(=O)c1ccc(Cl)nc1Cl.OB1OCc2cc(O)ccc21.OCC(F)(F)F.[2HH].[2H][2H].[2H][2H].[2H][2H].[2H][2H].[2H][2H].[2H][2H].[2H][2H].[2H][2H].[2H][2H].[2H][2H].[2H][2H].[2H][2H].[2H][2H].[2H][2H].[2H][2H].[2H][2H].[2H][2H].[2H][2H].[2H][2H].[2H][2H].[2H][2H].[2H][2H].[2H][2H].[2H][2H].[2H][2H].[2H][2H].[2H][2H].[2H][2H].[2H][2H].[2H][2H].[2H][2H].[2H][2H].[2H][2H].[2H][2H].[2H][2H].[2H][2H].[2H][2H].[2H][2H].[2H][2H].[2H][2H].[2H][2H].[2H][2H].[2H][2H].[2H][2H].[2H][2H].[2H][2H].[2H][2H].[2H][2H].[2H][2H].[2H][2H].[2H][2H].[2H][2H].[2H][2H].[2H][2H].[2H][2H].[2H][2H].[2H][2H].[2H][2H].[2H][2H].[2H][2H].[2H][2H].[2H][2H].[C-]#[N+]c1ccc(Cl)nc1OCC.[C-]#[N+]c1ccc(Oc2ccc3c(c2)COB3O)nc1OCC.